The number of benzene rings is 3. The van der Waals surface area contributed by atoms with Gasteiger partial charge < -0.3 is 19.7 Å². The average molecular weight is 570 g/mol. The lowest BCUT2D eigenvalue weighted by Crippen LogP contribution is -2.51. The summed E-state index contributed by atoms with van der Waals surface area (Å²) >= 11 is 0. The van der Waals surface area contributed by atoms with Gasteiger partial charge in [0.1, 0.15) is 31.6 Å². The first-order valence-corrected chi connectivity index (χ1v) is 14.4. The highest BCUT2D eigenvalue weighted by molar-refractivity contribution is 7.92. The summed E-state index contributed by atoms with van der Waals surface area (Å²) in [6, 6.07) is 17.2. The van der Waals surface area contributed by atoms with Crippen LogP contribution in [0.4, 0.5) is 10.1 Å². The van der Waals surface area contributed by atoms with Crippen molar-refractivity contribution in [2.24, 2.45) is 0 Å². The van der Waals surface area contributed by atoms with Crippen LogP contribution in [-0.4, -0.2) is 57.5 Å². The van der Waals surface area contributed by atoms with Crippen LogP contribution >= 0.6 is 0 Å². The number of anilines is 1. The van der Waals surface area contributed by atoms with Gasteiger partial charge in [0.2, 0.25) is 11.8 Å². The van der Waals surface area contributed by atoms with Crippen LogP contribution in [0.15, 0.2) is 77.7 Å². The maximum absolute atomic E-state index is 14.0. The molecule has 4 rings (SSSR count). The van der Waals surface area contributed by atoms with Gasteiger partial charge in [0.05, 0.1) is 10.6 Å². The summed E-state index contributed by atoms with van der Waals surface area (Å²) in [5, 5.41) is 2.80. The molecular formula is C29H32FN3O6S. The Kier molecular flexibility index (Phi) is 9.26. The van der Waals surface area contributed by atoms with E-state index in [1.807, 2.05) is 37.3 Å². The van der Waals surface area contributed by atoms with Crippen LogP contribution in [0.25, 0.3) is 0 Å². The van der Waals surface area contributed by atoms with Crippen molar-refractivity contribution in [3.8, 4) is 11.5 Å². The van der Waals surface area contributed by atoms with Crippen molar-refractivity contribution in [1.82, 2.24) is 10.2 Å². The number of ether oxygens (including phenoxy) is 2. The Morgan fingerprint density at radius 1 is 0.975 bits per heavy atom. The van der Waals surface area contributed by atoms with Crippen LogP contribution in [0.2, 0.25) is 0 Å². The largest absolute Gasteiger partial charge is 0.486 e. The fourth-order valence-corrected chi connectivity index (χ4v) is 5.64. The Morgan fingerprint density at radius 2 is 1.65 bits per heavy atom. The molecule has 2 amide bonds. The van der Waals surface area contributed by atoms with Crippen LogP contribution < -0.4 is 19.1 Å². The Labute approximate surface area is 233 Å². The molecule has 3 aromatic carbocycles. The lowest BCUT2D eigenvalue weighted by Gasteiger charge is -2.32. The van der Waals surface area contributed by atoms with Gasteiger partial charge in [0.25, 0.3) is 10.0 Å². The second-order valence-electron chi connectivity index (χ2n) is 9.27. The number of carbonyl (C=O) groups excluding carboxylic acids is 2. The van der Waals surface area contributed by atoms with E-state index in [1.54, 1.807) is 6.92 Å². The third kappa shape index (κ3) is 6.71. The minimum atomic E-state index is -4.33. The fraction of sp³-hybridized carbons (Fsp3) is 0.310. The predicted molar refractivity (Wildman–Crippen MR) is 148 cm³/mol. The molecule has 0 fully saturated rings. The van der Waals surface area contributed by atoms with Crippen molar-refractivity contribution in [1.29, 1.82) is 0 Å². The summed E-state index contributed by atoms with van der Waals surface area (Å²) in [6.45, 7) is 4.03. The standard InChI is InChI=1S/C29H32FN3O6S/c1-3-15-31-29(35)21(2)32(19-22-7-5-4-6-8-22)28(34)20-33(24-11-9-23(30)10-12-24)40(36,37)25-13-14-26-27(18-25)39-17-16-38-26/h4-14,18,21H,3,15-17,19-20H2,1-2H3,(H,31,35). The second kappa shape index (κ2) is 12.8. The van der Waals surface area contributed by atoms with E-state index in [-0.39, 0.29) is 35.4 Å². The monoisotopic (exact) mass is 569 g/mol. The highest BCUT2D eigenvalue weighted by Crippen LogP contribution is 2.34. The number of hydrogen-bond acceptors (Lipinski definition) is 6. The molecule has 1 unspecified atom stereocenters. The molecule has 1 N–H and O–H groups in total. The summed E-state index contributed by atoms with van der Waals surface area (Å²) in [7, 11) is -4.33. The molecule has 40 heavy (non-hydrogen) atoms. The third-order valence-corrected chi connectivity index (χ3v) is 8.18. The smallest absolute Gasteiger partial charge is 0.264 e. The summed E-state index contributed by atoms with van der Waals surface area (Å²) in [5.74, 6) is -0.832. The molecule has 0 saturated heterocycles. The number of sulfonamides is 1. The summed E-state index contributed by atoms with van der Waals surface area (Å²) in [4.78, 5) is 27.9. The average Bonchev–Trinajstić information content (AvgIpc) is 2.97. The molecule has 1 aliphatic rings. The number of fused-ring (bicyclic) bond motifs is 1. The Bertz CT molecular complexity index is 1430. The van der Waals surface area contributed by atoms with E-state index in [2.05, 4.69) is 5.32 Å². The van der Waals surface area contributed by atoms with Gasteiger partial charge in [-0.2, -0.15) is 0 Å². The Morgan fingerprint density at radius 3 is 2.33 bits per heavy atom. The lowest BCUT2D eigenvalue weighted by atomic mass is 10.1. The molecule has 0 saturated carbocycles. The molecule has 1 heterocycles. The quantitative estimate of drug-likeness (QED) is 0.377. The van der Waals surface area contributed by atoms with E-state index in [1.165, 1.54) is 35.2 Å². The van der Waals surface area contributed by atoms with Crippen molar-refractivity contribution in [3.63, 3.8) is 0 Å². The molecule has 0 aliphatic carbocycles. The molecule has 0 aromatic heterocycles. The number of hydrogen-bond donors (Lipinski definition) is 1. The minimum Gasteiger partial charge on any atom is -0.486 e. The third-order valence-electron chi connectivity index (χ3n) is 6.41. The van der Waals surface area contributed by atoms with E-state index < -0.39 is 34.3 Å². The molecule has 11 heteroatoms. The molecule has 9 nitrogen and oxygen atoms in total. The summed E-state index contributed by atoms with van der Waals surface area (Å²) in [6.07, 6.45) is 0.719. The number of nitrogens with one attached hydrogen (secondary N) is 1. The van der Waals surface area contributed by atoms with Crippen LogP contribution in [0.3, 0.4) is 0 Å². The van der Waals surface area contributed by atoms with Crippen LogP contribution in [0.1, 0.15) is 25.8 Å². The van der Waals surface area contributed by atoms with Crippen molar-refractivity contribution in [2.75, 3.05) is 30.6 Å². The first-order chi connectivity index (χ1) is 19.2. The van der Waals surface area contributed by atoms with E-state index in [0.717, 1.165) is 28.4 Å². The molecule has 0 bridgehead atoms. The van der Waals surface area contributed by atoms with Crippen molar-refractivity contribution >= 4 is 27.5 Å². The first kappa shape index (κ1) is 28.9. The van der Waals surface area contributed by atoms with Gasteiger partial charge in [0, 0.05) is 19.2 Å². The molecule has 0 spiro atoms. The van der Waals surface area contributed by atoms with E-state index in [4.69, 9.17) is 9.47 Å². The van der Waals surface area contributed by atoms with Gasteiger partial charge >= 0.3 is 0 Å². The highest BCUT2D eigenvalue weighted by Gasteiger charge is 2.33. The molecular weight excluding hydrogens is 537 g/mol. The van der Waals surface area contributed by atoms with Crippen LogP contribution in [0.5, 0.6) is 11.5 Å². The van der Waals surface area contributed by atoms with Gasteiger partial charge in [-0.15, -0.1) is 0 Å². The SMILES string of the molecule is CCCNC(=O)C(C)N(Cc1ccccc1)C(=O)CN(c1ccc(F)cc1)S(=O)(=O)c1ccc2c(c1)OCCO2. The van der Waals surface area contributed by atoms with E-state index in [0.29, 0.717) is 18.9 Å². The second-order valence-corrected chi connectivity index (χ2v) is 11.1. The zero-order valence-corrected chi connectivity index (χ0v) is 23.2. The summed E-state index contributed by atoms with van der Waals surface area (Å²) in [5.41, 5.74) is 0.862. The number of amides is 2. The normalized spacial score (nSPS) is 13.3. The van der Waals surface area contributed by atoms with Gasteiger partial charge in [-0.05, 0) is 55.3 Å². The van der Waals surface area contributed by atoms with Crippen molar-refractivity contribution < 1.29 is 31.9 Å². The molecule has 3 aromatic rings. The predicted octanol–water partition coefficient (Wildman–Crippen LogP) is 3.74. The molecule has 0 radical (unpaired) electrons. The maximum Gasteiger partial charge on any atom is 0.264 e. The molecule has 1 aliphatic heterocycles. The topological polar surface area (TPSA) is 105 Å². The van der Waals surface area contributed by atoms with Gasteiger partial charge in [-0.3, -0.25) is 13.9 Å². The highest BCUT2D eigenvalue weighted by atomic mass is 32.2. The zero-order chi connectivity index (χ0) is 28.7. The number of carbonyl (C=O) groups is 2. The van der Waals surface area contributed by atoms with Crippen LogP contribution in [-0.2, 0) is 26.2 Å². The maximum atomic E-state index is 14.0. The van der Waals surface area contributed by atoms with Crippen molar-refractivity contribution in [2.45, 2.75) is 37.8 Å². The lowest BCUT2D eigenvalue weighted by molar-refractivity contribution is -0.139. The minimum absolute atomic E-state index is 0.0850. The van der Waals surface area contributed by atoms with Gasteiger partial charge in [-0.25, -0.2) is 12.8 Å². The summed E-state index contributed by atoms with van der Waals surface area (Å²) < 4.78 is 53.6. The molecule has 212 valence electrons. The van der Waals surface area contributed by atoms with Crippen molar-refractivity contribution in [3.05, 3.63) is 84.2 Å². The number of nitrogens with zero attached hydrogens (tertiary/aromatic N) is 2. The van der Waals surface area contributed by atoms with Gasteiger partial charge in [0.15, 0.2) is 11.5 Å². The zero-order valence-electron chi connectivity index (χ0n) is 22.4. The van der Waals surface area contributed by atoms with E-state index >= 15 is 0 Å². The number of halogens is 1. The number of rotatable bonds is 11. The first-order valence-electron chi connectivity index (χ1n) is 13.0. The molecule has 1 atom stereocenters. The van der Waals surface area contributed by atoms with E-state index in [9.17, 15) is 22.4 Å². The Balaban J connectivity index is 1.70. The van der Waals surface area contributed by atoms with Crippen LogP contribution in [0, 0.1) is 5.82 Å². The fourth-order valence-electron chi connectivity index (χ4n) is 4.21. The van der Waals surface area contributed by atoms with Gasteiger partial charge in [-0.1, -0.05) is 37.3 Å². The Hall–Kier alpha value is -4.12.